The van der Waals surface area contributed by atoms with E-state index < -0.39 is 0 Å². The zero-order chi connectivity index (χ0) is 11.1. The molecule has 0 aromatic rings. The van der Waals surface area contributed by atoms with Gasteiger partial charge in [-0.05, 0) is 24.5 Å². The van der Waals surface area contributed by atoms with Crippen molar-refractivity contribution in [1.82, 2.24) is 5.32 Å². The third-order valence-electron chi connectivity index (χ3n) is 2.03. The van der Waals surface area contributed by atoms with Crippen molar-refractivity contribution >= 4 is 0 Å². The Morgan fingerprint density at radius 2 is 2.07 bits per heavy atom. The number of likely N-dealkylation sites (N-methyl/N-ethyl adjacent to an activating group) is 1. The first-order valence-corrected chi connectivity index (χ1v) is 4.78. The van der Waals surface area contributed by atoms with Crippen LogP contribution in [0.1, 0.15) is 20.8 Å². The van der Waals surface area contributed by atoms with E-state index in [9.17, 15) is 0 Å². The largest absolute Gasteiger partial charge is 0.387 e. The Labute approximate surface area is 87.6 Å². The highest BCUT2D eigenvalue weighted by Crippen LogP contribution is 2.18. The summed E-state index contributed by atoms with van der Waals surface area (Å²) in [7, 11) is 1.86. The van der Waals surface area contributed by atoms with Crippen molar-refractivity contribution in [3.8, 4) is 12.3 Å². The minimum absolute atomic E-state index is 0.394. The van der Waals surface area contributed by atoms with Crippen molar-refractivity contribution in [2.45, 2.75) is 20.8 Å². The van der Waals surface area contributed by atoms with Crippen LogP contribution in [0.2, 0.25) is 0 Å². The van der Waals surface area contributed by atoms with Gasteiger partial charge in [-0.25, -0.2) is 0 Å². The zero-order valence-electron chi connectivity index (χ0n) is 9.52. The van der Waals surface area contributed by atoms with E-state index in [4.69, 9.17) is 6.42 Å². The van der Waals surface area contributed by atoms with E-state index in [1.807, 2.05) is 26.1 Å². The minimum atomic E-state index is 0.394. The van der Waals surface area contributed by atoms with Crippen LogP contribution in [0, 0.1) is 18.3 Å². The number of hydrogen-bond acceptors (Lipinski definition) is 1. The van der Waals surface area contributed by atoms with Gasteiger partial charge >= 0.3 is 0 Å². The van der Waals surface area contributed by atoms with Crippen LogP contribution in [0.4, 0.5) is 0 Å². The minimum Gasteiger partial charge on any atom is -0.387 e. The van der Waals surface area contributed by atoms with Crippen LogP contribution in [-0.2, 0) is 0 Å². The fourth-order valence-corrected chi connectivity index (χ4v) is 1.13. The molecule has 0 unspecified atom stereocenters. The second-order valence-corrected chi connectivity index (χ2v) is 3.36. The van der Waals surface area contributed by atoms with E-state index >= 15 is 0 Å². The van der Waals surface area contributed by atoms with Crippen LogP contribution < -0.4 is 5.32 Å². The zero-order valence-corrected chi connectivity index (χ0v) is 9.52. The molecule has 0 aromatic carbocycles. The van der Waals surface area contributed by atoms with Gasteiger partial charge in [0.1, 0.15) is 0 Å². The number of allylic oxidation sites excluding steroid dienone is 4. The molecule has 76 valence electrons. The lowest BCUT2D eigenvalue weighted by atomic mass is 9.98. The van der Waals surface area contributed by atoms with E-state index in [0.29, 0.717) is 5.92 Å². The summed E-state index contributed by atoms with van der Waals surface area (Å²) >= 11 is 0. The summed E-state index contributed by atoms with van der Waals surface area (Å²) in [5.74, 6) is 3.05. The summed E-state index contributed by atoms with van der Waals surface area (Å²) in [5, 5.41) is 3.11. The van der Waals surface area contributed by atoms with Gasteiger partial charge in [0.2, 0.25) is 0 Å². The Morgan fingerprint density at radius 1 is 1.50 bits per heavy atom. The van der Waals surface area contributed by atoms with Crippen LogP contribution in [0.3, 0.4) is 0 Å². The van der Waals surface area contributed by atoms with Crippen molar-refractivity contribution in [3.05, 3.63) is 35.6 Å². The molecule has 1 nitrogen and oxygen atoms in total. The summed E-state index contributed by atoms with van der Waals surface area (Å²) in [6, 6.07) is 0. The maximum absolute atomic E-state index is 5.43. The molecule has 0 atom stereocenters. The molecule has 0 rings (SSSR count). The van der Waals surface area contributed by atoms with Gasteiger partial charge in [-0.1, -0.05) is 32.4 Å². The molecular formula is C13H19N. The van der Waals surface area contributed by atoms with E-state index in [1.165, 1.54) is 0 Å². The standard InChI is InChI=1S/C13H19N/c1-7-9-12(8-2)13(14-6)11(5)10(3)4/h2,7,9-10,14H,5H2,1,3-4,6H3/b9-7-,13-12+. The first-order valence-electron chi connectivity index (χ1n) is 4.78. The molecule has 0 aliphatic carbocycles. The highest BCUT2D eigenvalue weighted by atomic mass is 14.8. The van der Waals surface area contributed by atoms with Crippen LogP contribution in [0.5, 0.6) is 0 Å². The predicted molar refractivity (Wildman–Crippen MR) is 63.7 cm³/mol. The summed E-state index contributed by atoms with van der Waals surface area (Å²) in [6.45, 7) is 10.2. The predicted octanol–water partition coefficient (Wildman–Crippen LogP) is 2.88. The summed E-state index contributed by atoms with van der Waals surface area (Å²) in [6.07, 6.45) is 9.28. The molecule has 0 heterocycles. The van der Waals surface area contributed by atoms with E-state index in [1.54, 1.807) is 0 Å². The molecule has 1 N–H and O–H groups in total. The van der Waals surface area contributed by atoms with Crippen LogP contribution in [0.25, 0.3) is 0 Å². The van der Waals surface area contributed by atoms with Gasteiger partial charge in [0.25, 0.3) is 0 Å². The number of nitrogens with one attached hydrogen (secondary N) is 1. The third-order valence-corrected chi connectivity index (χ3v) is 2.03. The van der Waals surface area contributed by atoms with Crippen molar-refractivity contribution in [2.24, 2.45) is 5.92 Å². The van der Waals surface area contributed by atoms with E-state index in [2.05, 4.69) is 31.7 Å². The SMILES string of the molecule is C#CC(/C=C\C)=C(\NC)C(=C)C(C)C. The molecule has 0 saturated heterocycles. The lowest BCUT2D eigenvalue weighted by Crippen LogP contribution is -2.13. The molecule has 0 amide bonds. The van der Waals surface area contributed by atoms with Gasteiger partial charge in [-0.2, -0.15) is 0 Å². The van der Waals surface area contributed by atoms with Crippen molar-refractivity contribution in [3.63, 3.8) is 0 Å². The van der Waals surface area contributed by atoms with Gasteiger partial charge in [0, 0.05) is 12.6 Å². The van der Waals surface area contributed by atoms with Gasteiger partial charge in [-0.3, -0.25) is 0 Å². The lowest BCUT2D eigenvalue weighted by molar-refractivity contribution is 0.756. The summed E-state index contributed by atoms with van der Waals surface area (Å²) in [5.41, 5.74) is 2.85. The molecule has 0 fully saturated rings. The van der Waals surface area contributed by atoms with Gasteiger partial charge in [-0.15, -0.1) is 6.42 Å². The molecule has 0 aliphatic heterocycles. The summed E-state index contributed by atoms with van der Waals surface area (Å²) in [4.78, 5) is 0. The van der Waals surface area contributed by atoms with E-state index in [-0.39, 0.29) is 0 Å². The molecule has 0 radical (unpaired) electrons. The number of hydrogen-bond donors (Lipinski definition) is 1. The maximum atomic E-state index is 5.43. The van der Waals surface area contributed by atoms with Gasteiger partial charge in [0.05, 0.1) is 5.70 Å². The lowest BCUT2D eigenvalue weighted by Gasteiger charge is -2.15. The van der Waals surface area contributed by atoms with Gasteiger partial charge < -0.3 is 5.32 Å². The Kier molecular flexibility index (Phi) is 5.48. The Hall–Kier alpha value is -1.42. The first kappa shape index (κ1) is 12.6. The molecule has 14 heavy (non-hydrogen) atoms. The second kappa shape index (κ2) is 6.10. The quantitative estimate of drug-likeness (QED) is 0.529. The topological polar surface area (TPSA) is 12.0 Å². The molecule has 0 aliphatic rings. The Balaban J connectivity index is 5.21. The molecule has 0 saturated carbocycles. The number of terminal acetylenes is 1. The van der Waals surface area contributed by atoms with Crippen molar-refractivity contribution in [2.75, 3.05) is 7.05 Å². The average Bonchev–Trinajstić information content (AvgIpc) is 2.17. The van der Waals surface area contributed by atoms with Crippen LogP contribution in [0.15, 0.2) is 35.6 Å². The molecular weight excluding hydrogens is 170 g/mol. The Bertz CT molecular complexity index is 298. The second-order valence-electron chi connectivity index (χ2n) is 3.36. The average molecular weight is 189 g/mol. The highest BCUT2D eigenvalue weighted by molar-refractivity contribution is 5.47. The maximum Gasteiger partial charge on any atom is 0.0525 e. The molecule has 0 aromatic heterocycles. The summed E-state index contributed by atoms with van der Waals surface area (Å²) < 4.78 is 0. The van der Waals surface area contributed by atoms with Crippen LogP contribution >= 0.6 is 0 Å². The fourth-order valence-electron chi connectivity index (χ4n) is 1.13. The molecule has 1 heteroatoms. The number of rotatable bonds is 4. The van der Waals surface area contributed by atoms with Crippen molar-refractivity contribution < 1.29 is 0 Å². The Morgan fingerprint density at radius 3 is 2.36 bits per heavy atom. The van der Waals surface area contributed by atoms with Gasteiger partial charge in [0.15, 0.2) is 0 Å². The first-order chi connectivity index (χ1) is 6.58. The van der Waals surface area contributed by atoms with Crippen LogP contribution in [-0.4, -0.2) is 7.05 Å². The molecule has 0 spiro atoms. The normalized spacial score (nSPS) is 12.6. The molecule has 0 bridgehead atoms. The van der Waals surface area contributed by atoms with Crippen molar-refractivity contribution in [1.29, 1.82) is 0 Å². The smallest absolute Gasteiger partial charge is 0.0525 e. The third kappa shape index (κ3) is 3.14. The fraction of sp³-hybridized carbons (Fsp3) is 0.385. The highest BCUT2D eigenvalue weighted by Gasteiger charge is 2.08. The monoisotopic (exact) mass is 189 g/mol. The van der Waals surface area contributed by atoms with E-state index in [0.717, 1.165) is 16.8 Å².